The average molecular weight is 283 g/mol. The van der Waals surface area contributed by atoms with E-state index >= 15 is 0 Å². The van der Waals surface area contributed by atoms with Crippen molar-refractivity contribution >= 4 is 11.5 Å². The number of para-hydroxylation sites is 1. The Kier molecular flexibility index (Phi) is 3.29. The number of hydrogen-bond donors (Lipinski definition) is 2. The molecular weight excluding hydrogens is 266 g/mol. The van der Waals surface area contributed by atoms with E-state index < -0.39 is 0 Å². The van der Waals surface area contributed by atoms with E-state index in [1.807, 2.05) is 18.2 Å². The Morgan fingerprint density at radius 1 is 1.19 bits per heavy atom. The van der Waals surface area contributed by atoms with Gasteiger partial charge in [-0.05, 0) is 43.2 Å². The number of anilines is 1. The highest BCUT2D eigenvalue weighted by Crippen LogP contribution is 2.32. The number of Topliss-reactive ketones (excluding diaryl/α,β-unsaturated/α-hetero) is 1. The molecule has 1 atom stereocenters. The fourth-order valence-electron chi connectivity index (χ4n) is 2.81. The maximum atomic E-state index is 12.4. The molecule has 0 spiro atoms. The first-order chi connectivity index (χ1) is 10.1. The van der Waals surface area contributed by atoms with Crippen molar-refractivity contribution in [2.75, 3.05) is 11.4 Å². The molecule has 2 aromatic carbocycles. The summed E-state index contributed by atoms with van der Waals surface area (Å²) in [5, 5.41) is 18.8. The normalized spacial score (nSPS) is 16.8. The van der Waals surface area contributed by atoms with Crippen LogP contribution >= 0.6 is 0 Å². The summed E-state index contributed by atoms with van der Waals surface area (Å²) in [4.78, 5) is 14.5. The van der Waals surface area contributed by atoms with Crippen molar-refractivity contribution in [2.45, 2.75) is 19.4 Å². The Balaban J connectivity index is 1.83. The van der Waals surface area contributed by atoms with Crippen molar-refractivity contribution < 1.29 is 15.0 Å². The van der Waals surface area contributed by atoms with Gasteiger partial charge in [-0.1, -0.05) is 18.2 Å². The van der Waals surface area contributed by atoms with E-state index in [9.17, 15) is 15.0 Å². The molecule has 21 heavy (non-hydrogen) atoms. The van der Waals surface area contributed by atoms with Crippen LogP contribution in [0.3, 0.4) is 0 Å². The summed E-state index contributed by atoms with van der Waals surface area (Å²) in [7, 11) is 0. The largest absolute Gasteiger partial charge is 0.504 e. The molecule has 4 nitrogen and oxygen atoms in total. The first kappa shape index (κ1) is 13.5. The average Bonchev–Trinajstić information content (AvgIpc) is 2.78. The van der Waals surface area contributed by atoms with Crippen LogP contribution in [-0.4, -0.2) is 28.6 Å². The molecule has 3 rings (SSSR count). The molecule has 108 valence electrons. The number of rotatable bonds is 3. The van der Waals surface area contributed by atoms with E-state index in [-0.39, 0.29) is 29.9 Å². The lowest BCUT2D eigenvalue weighted by molar-refractivity contribution is 0.0997. The maximum absolute atomic E-state index is 12.4. The quantitative estimate of drug-likeness (QED) is 0.671. The molecule has 2 N–H and O–H groups in total. The second kappa shape index (κ2) is 5.13. The zero-order valence-electron chi connectivity index (χ0n) is 11.8. The van der Waals surface area contributed by atoms with Gasteiger partial charge in [0.2, 0.25) is 0 Å². The molecule has 0 radical (unpaired) electrons. The van der Waals surface area contributed by atoms with E-state index in [0.29, 0.717) is 5.56 Å². The molecule has 0 aliphatic carbocycles. The Morgan fingerprint density at radius 3 is 2.71 bits per heavy atom. The lowest BCUT2D eigenvalue weighted by atomic mass is 10.1. The Hall–Kier alpha value is -2.49. The molecule has 1 heterocycles. The van der Waals surface area contributed by atoms with Gasteiger partial charge < -0.3 is 15.1 Å². The van der Waals surface area contributed by atoms with Crippen LogP contribution in [0.5, 0.6) is 11.5 Å². The van der Waals surface area contributed by atoms with Crippen molar-refractivity contribution in [1.82, 2.24) is 0 Å². The first-order valence-corrected chi connectivity index (χ1v) is 6.96. The summed E-state index contributed by atoms with van der Waals surface area (Å²) >= 11 is 0. The van der Waals surface area contributed by atoms with Crippen LogP contribution in [0, 0.1) is 0 Å². The molecule has 2 aromatic rings. The number of carbonyl (C=O) groups excluding carboxylic acids is 1. The van der Waals surface area contributed by atoms with Crippen LogP contribution in [0.15, 0.2) is 42.5 Å². The van der Waals surface area contributed by atoms with Crippen molar-refractivity contribution in [3.05, 3.63) is 53.6 Å². The van der Waals surface area contributed by atoms with E-state index in [4.69, 9.17) is 0 Å². The van der Waals surface area contributed by atoms with Gasteiger partial charge in [0.25, 0.3) is 0 Å². The van der Waals surface area contributed by atoms with Crippen LogP contribution in [0.25, 0.3) is 0 Å². The van der Waals surface area contributed by atoms with Gasteiger partial charge in [-0.15, -0.1) is 0 Å². The highest BCUT2D eigenvalue weighted by molar-refractivity contribution is 6.00. The van der Waals surface area contributed by atoms with Crippen LogP contribution in [-0.2, 0) is 6.42 Å². The summed E-state index contributed by atoms with van der Waals surface area (Å²) in [6, 6.07) is 12.5. The number of hydrogen-bond acceptors (Lipinski definition) is 4. The number of phenols is 2. The molecule has 0 saturated heterocycles. The summed E-state index contributed by atoms with van der Waals surface area (Å²) in [5.74, 6) is -0.559. The predicted molar refractivity (Wildman–Crippen MR) is 81.1 cm³/mol. The molecule has 0 saturated carbocycles. The van der Waals surface area contributed by atoms with Crippen molar-refractivity contribution in [1.29, 1.82) is 0 Å². The Labute approximate surface area is 123 Å². The van der Waals surface area contributed by atoms with Gasteiger partial charge in [-0.25, -0.2) is 0 Å². The number of fused-ring (bicyclic) bond motifs is 1. The van der Waals surface area contributed by atoms with Crippen molar-refractivity contribution in [2.24, 2.45) is 0 Å². The smallest absolute Gasteiger partial charge is 0.182 e. The van der Waals surface area contributed by atoms with Gasteiger partial charge in [-0.2, -0.15) is 0 Å². The lowest BCUT2D eigenvalue weighted by Gasteiger charge is -2.24. The second-order valence-electron chi connectivity index (χ2n) is 5.44. The molecule has 4 heteroatoms. The minimum atomic E-state index is -0.268. The van der Waals surface area contributed by atoms with Gasteiger partial charge in [0, 0.05) is 17.3 Å². The minimum Gasteiger partial charge on any atom is -0.504 e. The maximum Gasteiger partial charge on any atom is 0.182 e. The van der Waals surface area contributed by atoms with Gasteiger partial charge >= 0.3 is 0 Å². The molecule has 0 bridgehead atoms. The third-order valence-electron chi connectivity index (χ3n) is 3.96. The fourth-order valence-corrected chi connectivity index (χ4v) is 2.81. The number of nitrogens with zero attached hydrogens (tertiary/aromatic N) is 1. The molecule has 1 aliphatic heterocycles. The van der Waals surface area contributed by atoms with E-state index in [1.165, 1.54) is 23.8 Å². The Morgan fingerprint density at radius 2 is 1.95 bits per heavy atom. The molecule has 1 unspecified atom stereocenters. The standard InChI is InChI=1S/C17H17NO3/c1-11-8-12-4-2-3-5-14(12)18(11)10-17(21)13-6-7-15(19)16(20)9-13/h2-7,9,11,19-20H,8,10H2,1H3. The summed E-state index contributed by atoms with van der Waals surface area (Å²) < 4.78 is 0. The highest BCUT2D eigenvalue weighted by atomic mass is 16.3. The van der Waals surface area contributed by atoms with E-state index in [1.54, 1.807) is 0 Å². The van der Waals surface area contributed by atoms with Gasteiger partial charge in [-0.3, -0.25) is 4.79 Å². The van der Waals surface area contributed by atoms with Crippen LogP contribution in [0.2, 0.25) is 0 Å². The van der Waals surface area contributed by atoms with E-state index in [0.717, 1.165) is 12.1 Å². The third kappa shape index (κ3) is 2.44. The SMILES string of the molecule is CC1Cc2ccccc2N1CC(=O)c1ccc(O)c(O)c1. The number of aromatic hydroxyl groups is 2. The molecular formula is C17H17NO3. The monoisotopic (exact) mass is 283 g/mol. The predicted octanol–water partition coefficient (Wildman–Crippen LogP) is 2.73. The van der Waals surface area contributed by atoms with Crippen LogP contribution in [0.1, 0.15) is 22.8 Å². The number of phenolic OH excluding ortho intramolecular Hbond substituents is 2. The summed E-state index contributed by atoms with van der Waals surface area (Å²) in [5.41, 5.74) is 2.76. The second-order valence-corrected chi connectivity index (χ2v) is 5.44. The zero-order chi connectivity index (χ0) is 15.0. The third-order valence-corrected chi connectivity index (χ3v) is 3.96. The van der Waals surface area contributed by atoms with Gasteiger partial charge in [0.05, 0.1) is 6.54 Å². The molecule has 0 fully saturated rings. The summed E-state index contributed by atoms with van der Waals surface area (Å²) in [6.45, 7) is 2.37. The van der Waals surface area contributed by atoms with Gasteiger partial charge in [0.1, 0.15) is 0 Å². The number of ketones is 1. The molecule has 0 amide bonds. The number of benzene rings is 2. The highest BCUT2D eigenvalue weighted by Gasteiger charge is 2.27. The molecule has 1 aliphatic rings. The number of carbonyl (C=O) groups is 1. The first-order valence-electron chi connectivity index (χ1n) is 6.96. The molecule has 0 aromatic heterocycles. The van der Waals surface area contributed by atoms with Crippen molar-refractivity contribution in [3.8, 4) is 11.5 Å². The van der Waals surface area contributed by atoms with E-state index in [2.05, 4.69) is 17.9 Å². The Bertz CT molecular complexity index is 696. The van der Waals surface area contributed by atoms with Crippen LogP contribution < -0.4 is 4.90 Å². The summed E-state index contributed by atoms with van der Waals surface area (Å²) in [6.07, 6.45) is 0.935. The lowest BCUT2D eigenvalue weighted by Crippen LogP contribution is -2.34. The topological polar surface area (TPSA) is 60.8 Å². The van der Waals surface area contributed by atoms with Crippen molar-refractivity contribution in [3.63, 3.8) is 0 Å². The van der Waals surface area contributed by atoms with Gasteiger partial charge in [0.15, 0.2) is 17.3 Å². The zero-order valence-corrected chi connectivity index (χ0v) is 11.8. The fraction of sp³-hybridized carbons (Fsp3) is 0.235. The minimum absolute atomic E-state index is 0.0751. The van der Waals surface area contributed by atoms with Crippen LogP contribution in [0.4, 0.5) is 5.69 Å².